The zero-order valence-electron chi connectivity index (χ0n) is 63.2. The van der Waals surface area contributed by atoms with E-state index in [1.807, 2.05) is 0 Å². The molecule has 0 aromatic rings. The number of rotatable bonds is 65. The van der Waals surface area contributed by atoms with E-state index in [9.17, 15) is 74.9 Å². The molecule has 0 aromatic carbocycles. The molecule has 24 nitrogen and oxygen atoms in total. The van der Waals surface area contributed by atoms with Crippen molar-refractivity contribution in [2.24, 2.45) is 0 Å². The number of carbonyl (C=O) groups excluding carboxylic acids is 3. The molecule has 3 aliphatic rings. The molecule has 0 amide bonds. The minimum Gasteiger partial charge on any atom is -0.463 e. The number of hydrogen-bond donors (Lipinski definition) is 11. The van der Waals surface area contributed by atoms with Crippen molar-refractivity contribution in [3.05, 3.63) is 0 Å². The highest BCUT2D eigenvalue weighted by Gasteiger charge is 2.58. The Morgan fingerprint density at radius 2 is 0.627 bits per heavy atom. The van der Waals surface area contributed by atoms with Gasteiger partial charge in [-0.3, -0.25) is 23.4 Å². The summed E-state index contributed by atoms with van der Waals surface area (Å²) < 4.78 is 65.2. The smallest absolute Gasteiger partial charge is 0.463 e. The van der Waals surface area contributed by atoms with Gasteiger partial charge in [-0.05, 0) is 19.3 Å². The van der Waals surface area contributed by atoms with Gasteiger partial charge in [0.1, 0.15) is 98.7 Å². The lowest BCUT2D eigenvalue weighted by molar-refractivity contribution is -0.360. The topological polar surface area (TPSA) is 374 Å². The third-order valence-corrected chi connectivity index (χ3v) is 21.4. The van der Waals surface area contributed by atoms with E-state index in [0.717, 1.165) is 89.9 Å². The van der Waals surface area contributed by atoms with Crippen LogP contribution in [0.3, 0.4) is 0 Å². The molecule has 1 aliphatic carbocycles. The quantitative estimate of drug-likeness (QED) is 0.0117. The van der Waals surface area contributed by atoms with Crippen LogP contribution in [0.1, 0.15) is 342 Å². The lowest BCUT2D eigenvalue weighted by Crippen LogP contribution is -2.69. The minimum absolute atomic E-state index is 0.0325. The molecule has 3 rings (SSSR count). The van der Waals surface area contributed by atoms with Gasteiger partial charge in [-0.15, -0.1) is 0 Å². The van der Waals surface area contributed by atoms with E-state index in [2.05, 4.69) is 20.8 Å². The van der Waals surface area contributed by atoms with Gasteiger partial charge in [-0.25, -0.2) is 4.57 Å². The van der Waals surface area contributed by atoms with E-state index < -0.39 is 156 Å². The molecular weight excluding hydrogens is 1340 g/mol. The first-order chi connectivity index (χ1) is 49.3. The number of ether oxygens (including phenoxy) is 7. The molecule has 2 heterocycles. The van der Waals surface area contributed by atoms with Crippen molar-refractivity contribution in [1.82, 2.24) is 0 Å². The second-order valence-corrected chi connectivity index (χ2v) is 30.9. The minimum atomic E-state index is -5.69. The lowest BCUT2D eigenvalue weighted by atomic mass is 9.84. The zero-order valence-corrected chi connectivity index (χ0v) is 64.1. The van der Waals surface area contributed by atoms with Crippen LogP contribution in [0.5, 0.6) is 0 Å². The van der Waals surface area contributed by atoms with Crippen LogP contribution < -0.4 is 0 Å². The van der Waals surface area contributed by atoms with Crippen LogP contribution in [-0.2, 0) is 61.2 Å². The van der Waals surface area contributed by atoms with Crippen LogP contribution in [-0.4, -0.2) is 204 Å². The van der Waals surface area contributed by atoms with Crippen molar-refractivity contribution in [2.75, 3.05) is 26.4 Å². The predicted octanol–water partition coefficient (Wildman–Crippen LogP) is 12.5. The molecule has 18 atom stereocenters. The van der Waals surface area contributed by atoms with Crippen molar-refractivity contribution in [3.63, 3.8) is 0 Å². The number of phosphoric ester groups is 1. The van der Waals surface area contributed by atoms with Gasteiger partial charge in [0.05, 0.1) is 13.2 Å². The fraction of sp³-hybridized carbons (Fsp3) is 0.961. The molecule has 0 bridgehead atoms. The predicted molar refractivity (Wildman–Crippen MR) is 389 cm³/mol. The Morgan fingerprint density at radius 1 is 0.343 bits per heavy atom. The molecule has 18 unspecified atom stereocenters. The van der Waals surface area contributed by atoms with Gasteiger partial charge < -0.3 is 89.1 Å². The SMILES string of the molecule is CCCCCCCCCCCCCCCCCCCC(=O)OC(COC(=O)CCCCCCCCCCCCCCCC)COP(=O)(O)OC1C(OC2OC(CO)C(O)C(O)C2O)C(O)C(O)C(O)C1OC1OC(COC(=O)CCCCCCCCCCCCCCCCCC)C(O)C(O)C1O. The summed E-state index contributed by atoms with van der Waals surface area (Å²) in [5.41, 5.74) is 0. The number of aliphatic hydroxyl groups is 10. The van der Waals surface area contributed by atoms with Gasteiger partial charge in [0.25, 0.3) is 0 Å². The fourth-order valence-electron chi connectivity index (χ4n) is 13.8. The third-order valence-electron chi connectivity index (χ3n) is 20.4. The van der Waals surface area contributed by atoms with Gasteiger partial charge in [-0.2, -0.15) is 0 Å². The average Bonchev–Trinajstić information content (AvgIpc) is 0.761. The Kier molecular flexibility index (Phi) is 54.4. The summed E-state index contributed by atoms with van der Waals surface area (Å²) in [4.78, 5) is 51.2. The molecule has 102 heavy (non-hydrogen) atoms. The maximum absolute atomic E-state index is 14.4. The van der Waals surface area contributed by atoms with Gasteiger partial charge >= 0.3 is 25.7 Å². The molecule has 0 aromatic heterocycles. The van der Waals surface area contributed by atoms with Gasteiger partial charge in [-0.1, -0.05) is 303 Å². The van der Waals surface area contributed by atoms with Crippen LogP contribution in [0.15, 0.2) is 0 Å². The Labute approximate surface area is 612 Å². The molecule has 11 N–H and O–H groups in total. The Balaban J connectivity index is 1.70. The average molecular weight is 1490 g/mol. The van der Waals surface area contributed by atoms with Crippen molar-refractivity contribution in [2.45, 2.75) is 446 Å². The van der Waals surface area contributed by atoms with Crippen LogP contribution >= 0.6 is 7.82 Å². The first-order valence-corrected chi connectivity index (χ1v) is 42.3. The first-order valence-electron chi connectivity index (χ1n) is 40.8. The normalized spacial score (nSPS) is 27.0. The third kappa shape index (κ3) is 41.0. The molecule has 25 heteroatoms. The van der Waals surface area contributed by atoms with Crippen LogP contribution in [0.25, 0.3) is 0 Å². The van der Waals surface area contributed by atoms with Crippen molar-refractivity contribution >= 4 is 25.7 Å². The number of hydrogen-bond acceptors (Lipinski definition) is 23. The molecule has 602 valence electrons. The Bertz CT molecular complexity index is 2100. The van der Waals surface area contributed by atoms with Crippen LogP contribution in [0, 0.1) is 0 Å². The number of phosphoric acid groups is 1. The van der Waals surface area contributed by atoms with Crippen molar-refractivity contribution < 1.29 is 117 Å². The molecule has 2 saturated heterocycles. The maximum Gasteiger partial charge on any atom is 0.472 e. The zero-order chi connectivity index (χ0) is 74.6. The summed E-state index contributed by atoms with van der Waals surface area (Å²) in [5.74, 6) is -1.97. The van der Waals surface area contributed by atoms with E-state index in [-0.39, 0.29) is 19.3 Å². The summed E-state index contributed by atoms with van der Waals surface area (Å²) in [6, 6.07) is 0. The number of esters is 3. The van der Waals surface area contributed by atoms with E-state index in [0.29, 0.717) is 19.3 Å². The molecule has 3 fully saturated rings. The molecule has 2 aliphatic heterocycles. The largest absolute Gasteiger partial charge is 0.472 e. The van der Waals surface area contributed by atoms with Crippen molar-refractivity contribution in [1.29, 1.82) is 0 Å². The summed E-state index contributed by atoms with van der Waals surface area (Å²) >= 11 is 0. The van der Waals surface area contributed by atoms with Gasteiger partial charge in [0.15, 0.2) is 18.7 Å². The summed E-state index contributed by atoms with van der Waals surface area (Å²) in [7, 11) is -5.69. The maximum atomic E-state index is 14.4. The molecule has 1 saturated carbocycles. The summed E-state index contributed by atoms with van der Waals surface area (Å²) in [6.45, 7) is 3.51. The summed E-state index contributed by atoms with van der Waals surface area (Å²) in [5, 5.41) is 110. The monoisotopic (exact) mass is 1480 g/mol. The van der Waals surface area contributed by atoms with E-state index >= 15 is 0 Å². The number of carbonyl (C=O) groups is 3. The van der Waals surface area contributed by atoms with E-state index in [1.165, 1.54) is 193 Å². The van der Waals surface area contributed by atoms with E-state index in [1.54, 1.807) is 0 Å². The second-order valence-electron chi connectivity index (χ2n) is 29.5. The fourth-order valence-corrected chi connectivity index (χ4v) is 14.7. The second kappa shape index (κ2) is 58.9. The highest BCUT2D eigenvalue weighted by molar-refractivity contribution is 7.47. The first kappa shape index (κ1) is 94.2. The van der Waals surface area contributed by atoms with E-state index in [4.69, 9.17) is 42.2 Å². The van der Waals surface area contributed by atoms with Gasteiger partial charge in [0.2, 0.25) is 0 Å². The summed E-state index contributed by atoms with van der Waals surface area (Å²) in [6.07, 6.45) is 18.5. The van der Waals surface area contributed by atoms with Crippen LogP contribution in [0.4, 0.5) is 0 Å². The highest BCUT2D eigenvalue weighted by atomic mass is 31.2. The Morgan fingerprint density at radius 3 is 0.961 bits per heavy atom. The highest BCUT2D eigenvalue weighted by Crippen LogP contribution is 2.49. The molecule has 0 spiro atoms. The molecular formula is C77H145O24P. The molecule has 0 radical (unpaired) electrons. The van der Waals surface area contributed by atoms with Gasteiger partial charge in [0, 0.05) is 19.3 Å². The van der Waals surface area contributed by atoms with Crippen molar-refractivity contribution in [3.8, 4) is 0 Å². The van der Waals surface area contributed by atoms with Crippen LogP contribution in [0.2, 0.25) is 0 Å². The Hall–Kier alpha value is -2.04. The number of aliphatic hydroxyl groups excluding tert-OH is 10. The lowest BCUT2D eigenvalue weighted by Gasteiger charge is -2.49. The number of unbranched alkanes of at least 4 members (excludes halogenated alkanes) is 44. The standard InChI is InChI=1S/C77H145O24P/c1-4-7-10-13-16-19-22-25-28-30-32-35-38-41-44-47-50-53-63(81)96-58(55-93-61(79)51-48-45-42-39-36-33-27-24-21-18-15-12-9-6-3)56-95-102(91,92)101-75-73(99-76-71(89)66(84)64(82)59(54-78)97-76)69(87)68(86)70(88)74(75)100-77-72(90)67(85)65(83)60(98-77)57-94-62(80)52-49-46-43-40-37-34-31-29-26-23-20-17-14-11-8-5-2/h58-60,64-78,82-90H,4-57H2,1-3H3,(H,91,92).